The van der Waals surface area contributed by atoms with Crippen molar-refractivity contribution in [1.29, 1.82) is 0 Å². The Hall–Kier alpha value is -0.960. The van der Waals surface area contributed by atoms with Crippen LogP contribution in [0.2, 0.25) is 5.22 Å². The lowest BCUT2D eigenvalue weighted by Crippen LogP contribution is -2.45. The van der Waals surface area contributed by atoms with Crippen LogP contribution in [0.4, 0.5) is 0 Å². The first-order chi connectivity index (χ1) is 7.00. The topological polar surface area (TPSA) is 42.2 Å². The standard InChI is InChI=1S/C11H14ClNO2/c1-11(2,7-3-4-7)13-10(14)8-5-6-15-9(8)12/h5-7H,3-4H2,1-2H3,(H,13,14). The fraction of sp³-hybridized carbons (Fsp3) is 0.545. The van der Waals surface area contributed by atoms with Gasteiger partial charge in [0.2, 0.25) is 5.22 Å². The van der Waals surface area contributed by atoms with Gasteiger partial charge < -0.3 is 9.73 Å². The molecule has 1 fully saturated rings. The predicted octanol–water partition coefficient (Wildman–Crippen LogP) is 2.85. The maximum absolute atomic E-state index is 11.8. The van der Waals surface area contributed by atoms with Crippen LogP contribution in [-0.2, 0) is 0 Å². The van der Waals surface area contributed by atoms with Crippen LogP contribution in [0.5, 0.6) is 0 Å². The first-order valence-electron chi connectivity index (χ1n) is 5.06. The lowest BCUT2D eigenvalue weighted by Gasteiger charge is -2.25. The van der Waals surface area contributed by atoms with E-state index in [0.717, 1.165) is 0 Å². The Morgan fingerprint density at radius 3 is 2.73 bits per heavy atom. The van der Waals surface area contributed by atoms with Gasteiger partial charge in [0.25, 0.3) is 5.91 Å². The van der Waals surface area contributed by atoms with Gasteiger partial charge in [-0.2, -0.15) is 0 Å². The number of hydrogen-bond acceptors (Lipinski definition) is 2. The summed E-state index contributed by atoms with van der Waals surface area (Å²) in [7, 11) is 0. The van der Waals surface area contributed by atoms with E-state index in [0.29, 0.717) is 11.5 Å². The second kappa shape index (κ2) is 3.56. The van der Waals surface area contributed by atoms with Crippen LogP contribution in [0.3, 0.4) is 0 Å². The minimum Gasteiger partial charge on any atom is -0.452 e. The molecule has 0 atom stereocenters. The van der Waals surface area contributed by atoms with Crippen LogP contribution >= 0.6 is 11.6 Å². The first kappa shape index (κ1) is 10.6. The van der Waals surface area contributed by atoms with E-state index in [1.54, 1.807) is 6.07 Å². The number of rotatable bonds is 3. The van der Waals surface area contributed by atoms with Gasteiger partial charge >= 0.3 is 0 Å². The van der Waals surface area contributed by atoms with Gasteiger partial charge in [-0.25, -0.2) is 0 Å². The molecule has 0 spiro atoms. The molecule has 1 saturated carbocycles. The molecule has 15 heavy (non-hydrogen) atoms. The van der Waals surface area contributed by atoms with E-state index in [1.807, 2.05) is 13.8 Å². The summed E-state index contributed by atoms with van der Waals surface area (Å²) in [6.07, 6.45) is 3.79. The van der Waals surface area contributed by atoms with E-state index in [1.165, 1.54) is 19.1 Å². The summed E-state index contributed by atoms with van der Waals surface area (Å²) in [5.74, 6) is 0.428. The zero-order chi connectivity index (χ0) is 11.1. The summed E-state index contributed by atoms with van der Waals surface area (Å²) in [5, 5.41) is 3.13. The largest absolute Gasteiger partial charge is 0.452 e. The molecule has 82 valence electrons. The van der Waals surface area contributed by atoms with E-state index < -0.39 is 0 Å². The molecule has 1 aliphatic carbocycles. The molecule has 0 bridgehead atoms. The summed E-state index contributed by atoms with van der Waals surface area (Å²) in [5.41, 5.74) is 0.253. The molecule has 0 aromatic carbocycles. The zero-order valence-corrected chi connectivity index (χ0v) is 9.60. The Balaban J connectivity index is 2.06. The van der Waals surface area contributed by atoms with Crippen molar-refractivity contribution < 1.29 is 9.21 Å². The summed E-state index contributed by atoms with van der Waals surface area (Å²) in [4.78, 5) is 11.8. The molecule has 0 aliphatic heterocycles. The van der Waals surface area contributed by atoms with Gasteiger partial charge in [-0.1, -0.05) is 0 Å². The highest BCUT2D eigenvalue weighted by Crippen LogP contribution is 2.39. The van der Waals surface area contributed by atoms with Crippen LogP contribution in [-0.4, -0.2) is 11.4 Å². The first-order valence-corrected chi connectivity index (χ1v) is 5.44. The van der Waals surface area contributed by atoms with Crippen LogP contribution in [0.15, 0.2) is 16.7 Å². The van der Waals surface area contributed by atoms with Gasteiger partial charge in [-0.3, -0.25) is 4.79 Å². The lowest BCUT2D eigenvalue weighted by atomic mass is 9.98. The van der Waals surface area contributed by atoms with Crippen LogP contribution in [0.25, 0.3) is 0 Å². The Bertz CT molecular complexity index is 380. The minimum absolute atomic E-state index is 0.152. The summed E-state index contributed by atoms with van der Waals surface area (Å²) in [6.45, 7) is 4.08. The molecule has 4 heteroatoms. The number of carbonyl (C=O) groups is 1. The van der Waals surface area contributed by atoms with Crippen LogP contribution < -0.4 is 5.32 Å². The normalized spacial score (nSPS) is 16.5. The lowest BCUT2D eigenvalue weighted by molar-refractivity contribution is 0.0903. The molecule has 1 aromatic rings. The molecular formula is C11H14ClNO2. The molecule has 3 nitrogen and oxygen atoms in total. The molecular weight excluding hydrogens is 214 g/mol. The van der Waals surface area contributed by atoms with E-state index in [2.05, 4.69) is 5.32 Å². The number of furan rings is 1. The molecule has 1 heterocycles. The number of halogens is 1. The van der Waals surface area contributed by atoms with Crippen molar-refractivity contribution in [3.63, 3.8) is 0 Å². The summed E-state index contributed by atoms with van der Waals surface area (Å²) in [6, 6.07) is 1.58. The van der Waals surface area contributed by atoms with Crippen molar-refractivity contribution in [3.05, 3.63) is 23.1 Å². The number of hydrogen-bond donors (Lipinski definition) is 1. The van der Waals surface area contributed by atoms with Crippen molar-refractivity contribution in [2.24, 2.45) is 5.92 Å². The molecule has 2 rings (SSSR count). The third-order valence-corrected chi connectivity index (χ3v) is 3.19. The Morgan fingerprint density at radius 2 is 2.27 bits per heavy atom. The van der Waals surface area contributed by atoms with Crippen molar-refractivity contribution in [1.82, 2.24) is 5.32 Å². The monoisotopic (exact) mass is 227 g/mol. The quantitative estimate of drug-likeness (QED) is 0.863. The van der Waals surface area contributed by atoms with E-state index in [9.17, 15) is 4.79 Å². The Kier molecular flexibility index (Phi) is 2.51. The summed E-state index contributed by atoms with van der Waals surface area (Å²) < 4.78 is 4.88. The molecule has 1 aliphatic rings. The molecule has 1 amide bonds. The number of carbonyl (C=O) groups excluding carboxylic acids is 1. The highest BCUT2D eigenvalue weighted by molar-refractivity contribution is 6.32. The van der Waals surface area contributed by atoms with Crippen LogP contribution in [0, 0.1) is 5.92 Å². The molecule has 0 unspecified atom stereocenters. The van der Waals surface area contributed by atoms with Crippen LogP contribution in [0.1, 0.15) is 37.0 Å². The van der Waals surface area contributed by atoms with Gasteiger partial charge in [0.1, 0.15) is 0 Å². The van der Waals surface area contributed by atoms with Crippen molar-refractivity contribution in [2.75, 3.05) is 0 Å². The van der Waals surface area contributed by atoms with Gasteiger partial charge in [-0.15, -0.1) is 0 Å². The van der Waals surface area contributed by atoms with E-state index in [4.69, 9.17) is 16.0 Å². The maximum atomic E-state index is 11.8. The van der Waals surface area contributed by atoms with E-state index in [-0.39, 0.29) is 16.7 Å². The second-order valence-electron chi connectivity index (χ2n) is 4.56. The van der Waals surface area contributed by atoms with Crippen molar-refractivity contribution in [3.8, 4) is 0 Å². The molecule has 0 radical (unpaired) electrons. The van der Waals surface area contributed by atoms with Crippen molar-refractivity contribution in [2.45, 2.75) is 32.2 Å². The predicted molar refractivity (Wildman–Crippen MR) is 58.0 cm³/mol. The Labute approximate surface area is 93.8 Å². The highest BCUT2D eigenvalue weighted by atomic mass is 35.5. The average molecular weight is 228 g/mol. The maximum Gasteiger partial charge on any atom is 0.256 e. The zero-order valence-electron chi connectivity index (χ0n) is 8.84. The second-order valence-corrected chi connectivity index (χ2v) is 4.90. The third kappa shape index (κ3) is 2.17. The third-order valence-electron chi connectivity index (χ3n) is 2.90. The fourth-order valence-electron chi connectivity index (χ4n) is 1.72. The number of nitrogens with one attached hydrogen (secondary N) is 1. The minimum atomic E-state index is -0.161. The van der Waals surface area contributed by atoms with Gasteiger partial charge in [-0.05, 0) is 50.3 Å². The SMILES string of the molecule is CC(C)(NC(=O)c1ccoc1Cl)C1CC1. The molecule has 0 saturated heterocycles. The molecule has 1 aromatic heterocycles. The average Bonchev–Trinajstić information content (AvgIpc) is 2.89. The van der Waals surface area contributed by atoms with Gasteiger partial charge in [0.05, 0.1) is 11.8 Å². The van der Waals surface area contributed by atoms with E-state index >= 15 is 0 Å². The van der Waals surface area contributed by atoms with Gasteiger partial charge in [0.15, 0.2) is 0 Å². The fourth-order valence-corrected chi connectivity index (χ4v) is 1.92. The highest BCUT2D eigenvalue weighted by Gasteiger charge is 2.39. The number of amides is 1. The Morgan fingerprint density at radius 1 is 1.60 bits per heavy atom. The molecule has 1 N–H and O–H groups in total. The van der Waals surface area contributed by atoms with Gasteiger partial charge in [0, 0.05) is 5.54 Å². The smallest absolute Gasteiger partial charge is 0.256 e. The summed E-state index contributed by atoms with van der Waals surface area (Å²) >= 11 is 5.73. The van der Waals surface area contributed by atoms with Crippen molar-refractivity contribution >= 4 is 17.5 Å².